The van der Waals surface area contributed by atoms with E-state index in [1.165, 1.54) is 69.9 Å². The van der Waals surface area contributed by atoms with Crippen molar-refractivity contribution in [3.8, 4) is 0 Å². The first-order chi connectivity index (χ1) is 12.8. The Morgan fingerprint density at radius 2 is 1.37 bits per heavy atom. The van der Waals surface area contributed by atoms with Gasteiger partial charge in [-0.25, -0.2) is 0 Å². The molecule has 1 fully saturated rings. The van der Waals surface area contributed by atoms with Crippen molar-refractivity contribution >= 4 is 0 Å². The Balaban J connectivity index is 1.78. The van der Waals surface area contributed by atoms with Gasteiger partial charge < -0.3 is 0 Å². The van der Waals surface area contributed by atoms with Gasteiger partial charge in [0, 0.05) is 12.5 Å². The Morgan fingerprint density at radius 3 is 1.93 bits per heavy atom. The quantitative estimate of drug-likeness (QED) is 0.279. The van der Waals surface area contributed by atoms with E-state index in [9.17, 15) is 17.6 Å². The molecule has 1 aromatic rings. The number of rotatable bonds is 10. The maximum Gasteiger partial charge on any atom is 0.335 e. The summed E-state index contributed by atoms with van der Waals surface area (Å²) in [6.45, 7) is 2.50. The van der Waals surface area contributed by atoms with Gasteiger partial charge in [0.2, 0.25) is 0 Å². The zero-order valence-corrected chi connectivity index (χ0v) is 16.8. The van der Waals surface area contributed by atoms with Crippen LogP contribution in [0.1, 0.15) is 102 Å². The molecule has 0 saturated heterocycles. The molecule has 1 saturated carbocycles. The van der Waals surface area contributed by atoms with E-state index in [-0.39, 0.29) is 6.92 Å². The minimum atomic E-state index is -4.12. The van der Waals surface area contributed by atoms with Crippen molar-refractivity contribution in [2.75, 3.05) is 0 Å². The number of hydrogen-bond acceptors (Lipinski definition) is 0. The smallest absolute Gasteiger partial charge is 0.200 e. The van der Waals surface area contributed by atoms with Crippen LogP contribution in [-0.2, 0) is 5.92 Å². The summed E-state index contributed by atoms with van der Waals surface area (Å²) >= 11 is 0. The van der Waals surface area contributed by atoms with E-state index >= 15 is 0 Å². The first-order valence-electron chi connectivity index (χ1n) is 10.6. The fourth-order valence-electron chi connectivity index (χ4n) is 4.22. The molecule has 0 aliphatic heterocycles. The van der Waals surface area contributed by atoms with Gasteiger partial charge in [0.25, 0.3) is 0 Å². The average Bonchev–Trinajstić information content (AvgIpc) is 2.64. The monoisotopic (exact) mass is 386 g/mol. The third-order valence-corrected chi connectivity index (χ3v) is 6.11. The number of unbranched alkanes of at least 4 members (excludes halogenated alkanes) is 5. The van der Waals surface area contributed by atoms with Crippen LogP contribution in [-0.4, -0.2) is 5.92 Å². The summed E-state index contributed by atoms with van der Waals surface area (Å²) in [5.41, 5.74) is 0.405. The van der Waals surface area contributed by atoms with Gasteiger partial charge in [-0.05, 0) is 43.1 Å². The van der Waals surface area contributed by atoms with Gasteiger partial charge in [0.15, 0.2) is 0 Å². The molecule has 27 heavy (non-hydrogen) atoms. The lowest BCUT2D eigenvalue weighted by atomic mass is 9.77. The molecular formula is C23H34F4. The fourth-order valence-corrected chi connectivity index (χ4v) is 4.22. The average molecular weight is 387 g/mol. The highest BCUT2D eigenvalue weighted by atomic mass is 19.3. The highest BCUT2D eigenvalue weighted by Gasteiger charge is 2.53. The summed E-state index contributed by atoms with van der Waals surface area (Å²) in [4.78, 5) is 0. The van der Waals surface area contributed by atoms with Crippen molar-refractivity contribution in [1.82, 2.24) is 0 Å². The lowest BCUT2D eigenvalue weighted by Crippen LogP contribution is -2.34. The number of benzene rings is 1. The Kier molecular flexibility index (Phi) is 8.18. The van der Waals surface area contributed by atoms with Crippen molar-refractivity contribution in [3.05, 3.63) is 35.4 Å². The molecule has 4 heteroatoms. The Hall–Kier alpha value is -1.06. The topological polar surface area (TPSA) is 0 Å². The van der Waals surface area contributed by atoms with E-state index in [0.717, 1.165) is 24.3 Å². The van der Waals surface area contributed by atoms with Crippen molar-refractivity contribution in [1.29, 1.82) is 0 Å². The molecule has 0 heterocycles. The standard InChI is InChI=1S/C23H34F4/c1-3-4-5-6-7-8-9-18-10-12-19(13-11-18)20-14-16-21(17-15-20)23(26,27)22(2,24)25/h14-19H,3-13H2,1-2H3. The minimum Gasteiger partial charge on any atom is -0.200 e. The molecule has 0 N–H and O–H groups in total. The highest BCUT2D eigenvalue weighted by molar-refractivity contribution is 5.29. The second kappa shape index (κ2) is 9.93. The first-order valence-corrected chi connectivity index (χ1v) is 10.6. The van der Waals surface area contributed by atoms with Gasteiger partial charge in [0.1, 0.15) is 0 Å². The second-order valence-electron chi connectivity index (χ2n) is 8.36. The lowest BCUT2D eigenvalue weighted by molar-refractivity contribution is -0.204. The van der Waals surface area contributed by atoms with Crippen LogP contribution >= 0.6 is 0 Å². The largest absolute Gasteiger partial charge is 0.335 e. The van der Waals surface area contributed by atoms with Crippen molar-refractivity contribution < 1.29 is 17.6 Å². The molecule has 0 unspecified atom stereocenters. The van der Waals surface area contributed by atoms with E-state index in [2.05, 4.69) is 6.92 Å². The number of halogens is 4. The molecule has 2 rings (SSSR count). The van der Waals surface area contributed by atoms with Crippen LogP contribution in [0.15, 0.2) is 24.3 Å². The number of alkyl halides is 4. The predicted molar refractivity (Wildman–Crippen MR) is 104 cm³/mol. The lowest BCUT2D eigenvalue weighted by Gasteiger charge is -2.29. The summed E-state index contributed by atoms with van der Waals surface area (Å²) in [7, 11) is 0. The molecule has 0 amide bonds. The molecule has 154 valence electrons. The van der Waals surface area contributed by atoms with E-state index in [4.69, 9.17) is 0 Å². The van der Waals surface area contributed by atoms with E-state index in [1.54, 1.807) is 12.1 Å². The summed E-state index contributed by atoms with van der Waals surface area (Å²) in [5.74, 6) is -7.02. The van der Waals surface area contributed by atoms with Crippen LogP contribution < -0.4 is 0 Å². The maximum absolute atomic E-state index is 13.8. The van der Waals surface area contributed by atoms with E-state index < -0.39 is 17.4 Å². The van der Waals surface area contributed by atoms with Crippen molar-refractivity contribution in [2.24, 2.45) is 5.92 Å². The van der Waals surface area contributed by atoms with Gasteiger partial charge in [-0.1, -0.05) is 76.1 Å². The minimum absolute atomic E-state index is 0.270. The van der Waals surface area contributed by atoms with Gasteiger partial charge in [-0.15, -0.1) is 0 Å². The molecule has 1 aliphatic rings. The van der Waals surface area contributed by atoms with Gasteiger partial charge in [-0.2, -0.15) is 17.6 Å². The second-order valence-corrected chi connectivity index (χ2v) is 8.36. The summed E-state index contributed by atoms with van der Waals surface area (Å²) in [5, 5.41) is 0. The summed E-state index contributed by atoms with van der Waals surface area (Å²) in [6.07, 6.45) is 13.8. The van der Waals surface area contributed by atoms with Crippen LogP contribution in [0.25, 0.3) is 0 Å². The SMILES string of the molecule is CCCCCCCCC1CCC(c2ccc(C(F)(F)C(C)(F)F)cc2)CC1. The first kappa shape index (κ1) is 22.2. The molecular weight excluding hydrogens is 352 g/mol. The molecule has 0 radical (unpaired) electrons. The van der Waals surface area contributed by atoms with Crippen molar-refractivity contribution in [2.45, 2.75) is 102 Å². The molecule has 1 aromatic carbocycles. The Morgan fingerprint density at radius 1 is 0.815 bits per heavy atom. The van der Waals surface area contributed by atoms with Crippen LogP contribution in [0.3, 0.4) is 0 Å². The zero-order chi connectivity index (χ0) is 19.9. The summed E-state index contributed by atoms with van der Waals surface area (Å²) < 4.78 is 53.8. The third-order valence-electron chi connectivity index (χ3n) is 6.11. The molecule has 0 aromatic heterocycles. The van der Waals surface area contributed by atoms with E-state index in [0.29, 0.717) is 5.92 Å². The Labute approximate surface area is 161 Å². The molecule has 1 aliphatic carbocycles. The van der Waals surface area contributed by atoms with Gasteiger partial charge in [0.05, 0.1) is 0 Å². The predicted octanol–water partition coefficient (Wildman–Crippen LogP) is 8.46. The number of hydrogen-bond donors (Lipinski definition) is 0. The van der Waals surface area contributed by atoms with Crippen LogP contribution in [0.5, 0.6) is 0 Å². The zero-order valence-electron chi connectivity index (χ0n) is 16.8. The Bertz CT molecular complexity index is 536. The van der Waals surface area contributed by atoms with Crippen LogP contribution in [0.2, 0.25) is 0 Å². The fraction of sp³-hybridized carbons (Fsp3) is 0.739. The highest BCUT2D eigenvalue weighted by Crippen LogP contribution is 2.43. The van der Waals surface area contributed by atoms with Gasteiger partial charge >= 0.3 is 11.8 Å². The van der Waals surface area contributed by atoms with Crippen LogP contribution in [0.4, 0.5) is 17.6 Å². The molecule has 0 nitrogen and oxygen atoms in total. The molecule has 0 bridgehead atoms. The third kappa shape index (κ3) is 6.22. The summed E-state index contributed by atoms with van der Waals surface area (Å²) in [6, 6.07) is 5.59. The van der Waals surface area contributed by atoms with Gasteiger partial charge in [-0.3, -0.25) is 0 Å². The van der Waals surface area contributed by atoms with Crippen LogP contribution in [0, 0.1) is 5.92 Å². The normalized spacial score (nSPS) is 21.4. The molecule has 0 spiro atoms. The van der Waals surface area contributed by atoms with Crippen molar-refractivity contribution in [3.63, 3.8) is 0 Å². The maximum atomic E-state index is 13.8. The van der Waals surface area contributed by atoms with E-state index in [1.807, 2.05) is 0 Å². The molecule has 0 atom stereocenters.